The molecule has 0 bridgehead atoms. The summed E-state index contributed by atoms with van der Waals surface area (Å²) in [6.07, 6.45) is 1.67. The van der Waals surface area contributed by atoms with Crippen molar-refractivity contribution < 1.29 is 9.59 Å². The molecular weight excluding hydrogens is 254 g/mol. The number of hydrogen-bond acceptors (Lipinski definition) is 3. The van der Waals surface area contributed by atoms with E-state index < -0.39 is 0 Å². The second-order valence-corrected chi connectivity index (χ2v) is 3.89. The third kappa shape index (κ3) is 4.50. The van der Waals surface area contributed by atoms with Crippen LogP contribution in [-0.4, -0.2) is 35.9 Å². The van der Waals surface area contributed by atoms with Crippen molar-refractivity contribution in [2.75, 3.05) is 19.6 Å². The molecule has 102 valence electrons. The van der Waals surface area contributed by atoms with Crippen LogP contribution < -0.4 is 10.6 Å². The highest BCUT2D eigenvalue weighted by Crippen LogP contribution is 2.07. The Labute approximate surface area is 113 Å². The molecule has 0 saturated heterocycles. The van der Waals surface area contributed by atoms with Gasteiger partial charge in [0.15, 0.2) is 5.78 Å². The summed E-state index contributed by atoms with van der Waals surface area (Å²) in [6, 6.07) is 1.62. The first-order chi connectivity index (χ1) is 8.06. The highest BCUT2D eigenvalue weighted by atomic mass is 35.5. The first-order valence-corrected chi connectivity index (χ1v) is 5.72. The largest absolute Gasteiger partial charge is 0.349 e. The lowest BCUT2D eigenvalue weighted by molar-refractivity contribution is 0.0945. The standard InChI is InChI=1S/C12H19N3O2.ClH/c1-4-13-5-6-14-12(17)11-7-10(9(2)16)8-15(11)3;/h7-8,13H,4-6H2,1-3H3,(H,14,17);1H. The van der Waals surface area contributed by atoms with Crippen LogP contribution in [0.1, 0.15) is 34.7 Å². The molecule has 0 saturated carbocycles. The number of carbonyl (C=O) groups excluding carboxylic acids is 2. The van der Waals surface area contributed by atoms with Crippen LogP contribution in [0.3, 0.4) is 0 Å². The van der Waals surface area contributed by atoms with Crippen molar-refractivity contribution in [2.45, 2.75) is 13.8 Å². The zero-order valence-electron chi connectivity index (χ0n) is 10.9. The molecule has 0 unspecified atom stereocenters. The van der Waals surface area contributed by atoms with Crippen molar-refractivity contribution in [1.29, 1.82) is 0 Å². The lowest BCUT2D eigenvalue weighted by Gasteiger charge is -2.05. The van der Waals surface area contributed by atoms with Crippen LogP contribution in [-0.2, 0) is 7.05 Å². The van der Waals surface area contributed by atoms with E-state index in [1.165, 1.54) is 6.92 Å². The predicted molar refractivity (Wildman–Crippen MR) is 73.5 cm³/mol. The summed E-state index contributed by atoms with van der Waals surface area (Å²) in [5, 5.41) is 5.91. The summed E-state index contributed by atoms with van der Waals surface area (Å²) in [5.41, 5.74) is 1.07. The fraction of sp³-hybridized carbons (Fsp3) is 0.500. The Bertz CT molecular complexity index is 415. The molecule has 1 heterocycles. The highest BCUT2D eigenvalue weighted by Gasteiger charge is 2.12. The minimum absolute atomic E-state index is 0. The van der Waals surface area contributed by atoms with Gasteiger partial charge in [0, 0.05) is 31.9 Å². The Hall–Kier alpha value is -1.33. The van der Waals surface area contributed by atoms with Crippen molar-refractivity contribution in [3.05, 3.63) is 23.5 Å². The minimum atomic E-state index is -0.155. The van der Waals surface area contributed by atoms with Gasteiger partial charge < -0.3 is 15.2 Å². The normalized spacial score (nSPS) is 9.72. The molecule has 1 aromatic rings. The molecule has 18 heavy (non-hydrogen) atoms. The van der Waals surface area contributed by atoms with Gasteiger partial charge in [-0.25, -0.2) is 0 Å². The molecular formula is C12H20ClN3O2. The number of nitrogens with zero attached hydrogens (tertiary/aromatic N) is 1. The fourth-order valence-electron chi connectivity index (χ4n) is 1.51. The van der Waals surface area contributed by atoms with E-state index in [4.69, 9.17) is 0 Å². The molecule has 1 rings (SSSR count). The number of carbonyl (C=O) groups is 2. The van der Waals surface area contributed by atoms with Crippen molar-refractivity contribution in [3.63, 3.8) is 0 Å². The number of nitrogens with one attached hydrogen (secondary N) is 2. The smallest absolute Gasteiger partial charge is 0.267 e. The van der Waals surface area contributed by atoms with Gasteiger partial charge in [0.25, 0.3) is 5.91 Å². The number of aromatic nitrogens is 1. The molecule has 2 N–H and O–H groups in total. The second-order valence-electron chi connectivity index (χ2n) is 3.89. The Kier molecular flexibility index (Phi) is 7.31. The van der Waals surface area contributed by atoms with Crippen molar-refractivity contribution in [1.82, 2.24) is 15.2 Å². The van der Waals surface area contributed by atoms with E-state index >= 15 is 0 Å². The molecule has 0 atom stereocenters. The first kappa shape index (κ1) is 16.7. The second kappa shape index (κ2) is 7.89. The average molecular weight is 274 g/mol. The zero-order chi connectivity index (χ0) is 12.8. The molecule has 0 spiro atoms. The van der Waals surface area contributed by atoms with E-state index in [-0.39, 0.29) is 24.1 Å². The Balaban J connectivity index is 0.00000289. The molecule has 1 amide bonds. The van der Waals surface area contributed by atoms with E-state index in [1.54, 1.807) is 23.9 Å². The number of ketones is 1. The molecule has 0 fully saturated rings. The molecule has 1 aromatic heterocycles. The highest BCUT2D eigenvalue weighted by molar-refractivity contribution is 5.99. The maximum Gasteiger partial charge on any atom is 0.267 e. The fourth-order valence-corrected chi connectivity index (χ4v) is 1.51. The summed E-state index contributed by atoms with van der Waals surface area (Å²) in [5.74, 6) is -0.190. The van der Waals surface area contributed by atoms with Gasteiger partial charge >= 0.3 is 0 Å². The van der Waals surface area contributed by atoms with Crippen LogP contribution in [0.2, 0.25) is 0 Å². The van der Waals surface area contributed by atoms with Gasteiger partial charge in [-0.3, -0.25) is 9.59 Å². The molecule has 0 aromatic carbocycles. The summed E-state index contributed by atoms with van der Waals surface area (Å²) in [7, 11) is 1.76. The minimum Gasteiger partial charge on any atom is -0.349 e. The van der Waals surface area contributed by atoms with E-state index in [9.17, 15) is 9.59 Å². The topological polar surface area (TPSA) is 63.1 Å². The summed E-state index contributed by atoms with van der Waals surface area (Å²) < 4.78 is 1.67. The van der Waals surface area contributed by atoms with Gasteiger partial charge in [-0.1, -0.05) is 6.92 Å². The van der Waals surface area contributed by atoms with Crippen LogP contribution in [0.25, 0.3) is 0 Å². The Morgan fingerprint density at radius 1 is 1.33 bits per heavy atom. The summed E-state index contributed by atoms with van der Waals surface area (Å²) in [6.45, 7) is 5.70. The van der Waals surface area contributed by atoms with Gasteiger partial charge in [0.1, 0.15) is 5.69 Å². The molecule has 6 heteroatoms. The number of aryl methyl sites for hydroxylation is 1. The Morgan fingerprint density at radius 2 is 2.00 bits per heavy atom. The van der Waals surface area contributed by atoms with E-state index in [2.05, 4.69) is 10.6 Å². The summed E-state index contributed by atoms with van der Waals surface area (Å²) >= 11 is 0. The van der Waals surface area contributed by atoms with Gasteiger partial charge in [0.2, 0.25) is 0 Å². The average Bonchev–Trinajstić information content (AvgIpc) is 2.67. The number of likely N-dealkylation sites (N-methyl/N-ethyl adjacent to an activating group) is 1. The predicted octanol–water partition coefficient (Wildman–Crippen LogP) is 0.989. The molecule has 0 aliphatic heterocycles. The Morgan fingerprint density at radius 3 is 2.50 bits per heavy atom. The maximum atomic E-state index is 11.8. The van der Waals surface area contributed by atoms with Crippen LogP contribution in [0.5, 0.6) is 0 Å². The first-order valence-electron chi connectivity index (χ1n) is 5.72. The molecule has 0 radical (unpaired) electrons. The molecule has 0 aliphatic carbocycles. The van der Waals surface area contributed by atoms with E-state index in [0.717, 1.165) is 13.1 Å². The van der Waals surface area contributed by atoms with Crippen LogP contribution >= 0.6 is 12.4 Å². The molecule has 5 nitrogen and oxygen atoms in total. The quantitative estimate of drug-likeness (QED) is 0.600. The van der Waals surface area contributed by atoms with Crippen LogP contribution in [0.15, 0.2) is 12.3 Å². The summed E-state index contributed by atoms with van der Waals surface area (Å²) in [4.78, 5) is 23.0. The monoisotopic (exact) mass is 273 g/mol. The van der Waals surface area contributed by atoms with Gasteiger partial charge in [-0.05, 0) is 19.5 Å². The number of rotatable bonds is 6. The van der Waals surface area contributed by atoms with Gasteiger partial charge in [-0.15, -0.1) is 12.4 Å². The third-order valence-electron chi connectivity index (χ3n) is 2.48. The third-order valence-corrected chi connectivity index (χ3v) is 2.48. The van der Waals surface area contributed by atoms with Crippen LogP contribution in [0.4, 0.5) is 0 Å². The molecule has 0 aliphatic rings. The maximum absolute atomic E-state index is 11.8. The van der Waals surface area contributed by atoms with Gasteiger partial charge in [-0.2, -0.15) is 0 Å². The van der Waals surface area contributed by atoms with Crippen LogP contribution in [0, 0.1) is 0 Å². The van der Waals surface area contributed by atoms with E-state index in [1.807, 2.05) is 6.92 Å². The lowest BCUT2D eigenvalue weighted by Crippen LogP contribution is -2.32. The number of halogens is 1. The zero-order valence-corrected chi connectivity index (χ0v) is 11.8. The van der Waals surface area contributed by atoms with E-state index in [0.29, 0.717) is 17.8 Å². The number of hydrogen-bond donors (Lipinski definition) is 2. The lowest BCUT2D eigenvalue weighted by atomic mass is 10.2. The van der Waals surface area contributed by atoms with Crippen molar-refractivity contribution in [3.8, 4) is 0 Å². The van der Waals surface area contributed by atoms with Crippen molar-refractivity contribution in [2.24, 2.45) is 7.05 Å². The number of amides is 1. The SMILES string of the molecule is CCNCCNC(=O)c1cc(C(C)=O)cn1C.Cl. The van der Waals surface area contributed by atoms with Gasteiger partial charge in [0.05, 0.1) is 0 Å². The number of Topliss-reactive ketones (excluding diaryl/α,β-unsaturated/α-hetero) is 1. The van der Waals surface area contributed by atoms with Crippen molar-refractivity contribution >= 4 is 24.1 Å².